The number of hydrogen-bond acceptors (Lipinski definition) is 36. The summed E-state index contributed by atoms with van der Waals surface area (Å²) < 4.78 is 92.7. The van der Waals surface area contributed by atoms with E-state index >= 15 is 4.79 Å². The number of aliphatic hydroxyl groups excluding tert-OH is 16. The van der Waals surface area contributed by atoms with Crippen LogP contribution in [0.1, 0.15) is 224 Å². The van der Waals surface area contributed by atoms with Gasteiger partial charge in [0.05, 0.1) is 75.5 Å². The van der Waals surface area contributed by atoms with Gasteiger partial charge in [-0.1, -0.05) is 107 Å². The Bertz CT molecular complexity index is 4130. The van der Waals surface area contributed by atoms with Crippen LogP contribution in [0.5, 0.6) is 0 Å². The normalized spacial score (nSPS) is 52.7. The number of carboxylic acid groups (broad SMARTS) is 1. The van der Waals surface area contributed by atoms with Gasteiger partial charge in [-0.25, -0.2) is 9.59 Å². The number of fused-ring (bicyclic) bond motifs is 12. The van der Waals surface area contributed by atoms with Crippen molar-refractivity contribution in [3.8, 4) is 0 Å². The summed E-state index contributed by atoms with van der Waals surface area (Å²) in [6.45, 7) is 21.7. The van der Waals surface area contributed by atoms with E-state index in [0.29, 0.717) is 92.3 Å². The molecule has 19 unspecified atom stereocenters. The van der Waals surface area contributed by atoms with Gasteiger partial charge in [0.25, 0.3) is 0 Å². The fraction of sp³-hybridized carbons (Fsp3) is 0.938. The minimum atomic E-state index is -2.13. The zero-order chi connectivity index (χ0) is 97.6. The van der Waals surface area contributed by atoms with Gasteiger partial charge in [0.2, 0.25) is 6.29 Å². The summed E-state index contributed by atoms with van der Waals surface area (Å²) >= 11 is 0. The van der Waals surface area contributed by atoms with Crippen LogP contribution in [-0.4, -0.2) is 358 Å². The number of carboxylic acids is 1. The average Bonchev–Trinajstić information content (AvgIpc) is 1.53. The number of allylic oxidation sites excluding steroid dienone is 2. The number of alkyl carbamates (subject to hydrolysis) is 1. The van der Waals surface area contributed by atoms with Gasteiger partial charge in [-0.3, -0.25) is 4.79 Å². The summed E-state index contributed by atoms with van der Waals surface area (Å²) in [7, 11) is 0. The number of aliphatic hydroxyl groups is 17. The standard InChI is InChI=1S/C97H155NO37/c1-43(2)14-13-15-44(3)49-18-19-50-48-17-16-46-32-47(22-26-90(46,7)51(48)23-27-91(49,50)8)125-88(119)98-64-58(36-99)128-85(77(67(64)108)134-82-72(113)69(110)74(45(4)124-82)131-81-73(114)75(55(104)39-122-81)132-86-78(115)96(120,41-102)42-123-86)135-87(118)97-31-30-89(5,6)34-53(97)52-20-21-61-92(9)28-25-63(93(10,40-101)60(92)24-29-94(61,11)95(52,12)35-62(97)105)130-84-76(133-83-71(112)68(109)66(107)59(37-100)129-83)56(33-57(127-84)79(116)117)126-80-70(111)65(106)54(103)38-121-80/h20,40,43-51,53-78,80-86,99-100,102-115,120H,13-19,21-39,41-42H2,1-12H3,(H,98,119)(H,116,117)/t44-,45?,46?,47+,48+,49-,50+,51+,53?,54-,55-,56+,57?,58?,59?,60-,61?,62?,63+,64+,65+,66+,67?,68+,69?,70?,71?,72?,73?,74+,75?,76?,77?,78?,80+,81+,82+,83+,84+,85+,86+,90+,91-,92?,93-,94+,95-,96+,97-/m1/s1. The first-order valence-corrected chi connectivity index (χ1v) is 50.0. The highest BCUT2D eigenvalue weighted by atomic mass is 16.8. The number of hydrogen-bond donors (Lipinski definition) is 19. The lowest BCUT2D eigenvalue weighted by molar-refractivity contribution is -0.379. The third-order valence-corrected chi connectivity index (χ3v) is 37.9. The molecule has 135 heavy (non-hydrogen) atoms. The minimum Gasteiger partial charge on any atom is -0.479 e. The van der Waals surface area contributed by atoms with Gasteiger partial charge < -0.3 is 173 Å². The number of esters is 1. The highest BCUT2D eigenvalue weighted by molar-refractivity contribution is 5.80. The van der Waals surface area contributed by atoms with Gasteiger partial charge in [-0.15, -0.1) is 0 Å². The molecule has 1 amide bonds. The lowest BCUT2D eigenvalue weighted by atomic mass is 9.33. The molecule has 0 bridgehead atoms. The van der Waals surface area contributed by atoms with Crippen LogP contribution in [0.3, 0.4) is 0 Å². The molecular weight excluding hydrogens is 1770 g/mol. The van der Waals surface area contributed by atoms with Crippen molar-refractivity contribution in [3.05, 3.63) is 11.6 Å². The molecule has 7 saturated heterocycles. The van der Waals surface area contributed by atoms with E-state index < -0.39 is 311 Å². The van der Waals surface area contributed by atoms with Gasteiger partial charge >= 0.3 is 18.0 Å². The molecule has 0 spiro atoms. The number of aliphatic carboxylic acids is 1. The number of ether oxygens (including phenoxy) is 15. The van der Waals surface area contributed by atoms with E-state index in [2.05, 4.69) is 80.6 Å². The molecule has 0 aromatic carbocycles. The van der Waals surface area contributed by atoms with Crippen molar-refractivity contribution in [1.82, 2.24) is 5.32 Å². The second-order valence-electron chi connectivity index (χ2n) is 46.3. The fourth-order valence-corrected chi connectivity index (χ4v) is 29.9. The Morgan fingerprint density at radius 3 is 1.88 bits per heavy atom. The third-order valence-electron chi connectivity index (χ3n) is 37.9. The molecular formula is C97H155NO37. The number of carbonyl (C=O) groups is 4. The molecule has 19 N–H and O–H groups in total. The van der Waals surface area contributed by atoms with Gasteiger partial charge in [0, 0.05) is 6.42 Å². The van der Waals surface area contributed by atoms with Crippen molar-refractivity contribution in [3.63, 3.8) is 0 Å². The first-order valence-electron chi connectivity index (χ1n) is 50.0. The maximum absolute atomic E-state index is 16.5. The van der Waals surface area contributed by atoms with E-state index in [-0.39, 0.29) is 36.5 Å². The average molecular weight is 1930 g/mol. The molecule has 7 heterocycles. The lowest BCUT2D eigenvalue weighted by Gasteiger charge is -2.71. The SMILES string of the molecule is CC(C)CCC[C@@H](C)[C@H]1CC[C@H]2[C@@H]3CCC4C[C@@H](OC(=O)N[C@H]5C(CO)O[C@@H](OC(=O)[C@]67CCC(C)(C)CC6C6=CCC8C9(C)CC[C@H](O[C@@H]%10OC(C(=O)O)C[C@H](O[C@@H]%11OC[C@@H](O)[C@H](O)C%11O)C%10O[C@@H]%10OC(CO)[C@H](O)[C@H](O)C%10O)[C@](C)(C=O)[C@@H]9CC[C@]8(C)[C@]6(C)CC7O)C(O[C@@H]6OC(C)[C@H](O[C@@H]7OC[C@@H](O)C(O[C@@H]8OC[C@@](O)(CO)C8O)C7O)C(O)C6O)C5O)CC[C@]4(C)[C@H]3CC[C@]12C. The number of carbonyl (C=O) groups excluding carboxylic acids is 3. The molecule has 7 aliphatic heterocycles. The van der Waals surface area contributed by atoms with Crippen LogP contribution in [0.15, 0.2) is 11.6 Å². The topological polar surface area (TPSA) is 583 Å². The van der Waals surface area contributed by atoms with Crippen LogP contribution in [0.4, 0.5) is 4.79 Å². The molecule has 38 heteroatoms. The van der Waals surface area contributed by atoms with Crippen LogP contribution in [-0.2, 0) is 85.4 Å². The second-order valence-corrected chi connectivity index (χ2v) is 46.3. The van der Waals surface area contributed by atoms with E-state index in [1.54, 1.807) is 6.92 Å². The molecule has 16 aliphatic rings. The van der Waals surface area contributed by atoms with Crippen molar-refractivity contribution >= 4 is 24.3 Å². The van der Waals surface area contributed by atoms with Crippen LogP contribution in [0.2, 0.25) is 0 Å². The maximum atomic E-state index is 16.5. The lowest BCUT2D eigenvalue weighted by Crippen LogP contribution is -2.70. The van der Waals surface area contributed by atoms with E-state index in [9.17, 15) is 106 Å². The Labute approximate surface area is 788 Å². The zero-order valence-electron chi connectivity index (χ0n) is 80.0. The van der Waals surface area contributed by atoms with E-state index in [1.807, 2.05) is 0 Å². The highest BCUT2D eigenvalue weighted by Crippen LogP contribution is 2.77. The first kappa shape index (κ1) is 104. The molecule has 15 fully saturated rings. The zero-order valence-corrected chi connectivity index (χ0v) is 80.0. The van der Waals surface area contributed by atoms with Crippen molar-refractivity contribution in [2.45, 2.75) is 427 Å². The number of amides is 1. The Morgan fingerprint density at radius 2 is 1.19 bits per heavy atom. The predicted octanol–water partition coefficient (Wildman–Crippen LogP) is 1.88. The van der Waals surface area contributed by atoms with Crippen LogP contribution in [0.25, 0.3) is 0 Å². The van der Waals surface area contributed by atoms with Gasteiger partial charge in [0.15, 0.2) is 49.9 Å². The quantitative estimate of drug-likeness (QED) is 0.0254. The van der Waals surface area contributed by atoms with Crippen molar-refractivity contribution in [1.29, 1.82) is 0 Å². The second kappa shape index (κ2) is 39.8. The first-order chi connectivity index (χ1) is 63.6. The molecule has 0 aromatic rings. The summed E-state index contributed by atoms with van der Waals surface area (Å²) in [5.41, 5.74) is -6.81. The number of aldehydes is 1. The van der Waals surface area contributed by atoms with Crippen molar-refractivity contribution in [2.24, 2.45) is 102 Å². The number of nitrogens with one attached hydrogen (secondary N) is 1. The van der Waals surface area contributed by atoms with Gasteiger partial charge in [0.1, 0.15) is 127 Å². The van der Waals surface area contributed by atoms with E-state index in [1.165, 1.54) is 51.9 Å². The molecule has 0 aromatic heterocycles. The molecule has 770 valence electrons. The van der Waals surface area contributed by atoms with Crippen LogP contribution >= 0.6 is 0 Å². The summed E-state index contributed by atoms with van der Waals surface area (Å²) in [4.78, 5) is 58.9. The largest absolute Gasteiger partial charge is 0.479 e. The van der Waals surface area contributed by atoms with Crippen molar-refractivity contribution in [2.75, 3.05) is 39.6 Å². The van der Waals surface area contributed by atoms with Gasteiger partial charge in [-0.05, 0) is 214 Å². The highest BCUT2D eigenvalue weighted by Gasteiger charge is 2.74. The third kappa shape index (κ3) is 18.5. The molecule has 8 saturated carbocycles. The van der Waals surface area contributed by atoms with Gasteiger partial charge in [-0.2, -0.15) is 0 Å². The van der Waals surface area contributed by atoms with Crippen LogP contribution in [0, 0.1) is 102 Å². The van der Waals surface area contributed by atoms with E-state index in [4.69, 9.17) is 71.1 Å². The van der Waals surface area contributed by atoms with Crippen LogP contribution < -0.4 is 5.32 Å². The van der Waals surface area contributed by atoms with Crippen molar-refractivity contribution < 1.29 is 182 Å². The smallest absolute Gasteiger partial charge is 0.407 e. The monoisotopic (exact) mass is 1930 g/mol. The van der Waals surface area contributed by atoms with E-state index in [0.717, 1.165) is 31.1 Å². The maximum Gasteiger partial charge on any atom is 0.407 e. The summed E-state index contributed by atoms with van der Waals surface area (Å²) in [5.74, 6) is 0.276. The predicted molar refractivity (Wildman–Crippen MR) is 466 cm³/mol. The Kier molecular flexibility index (Phi) is 30.7. The molecule has 38 nitrogen and oxygen atoms in total. The number of rotatable bonds is 26. The summed E-state index contributed by atoms with van der Waals surface area (Å²) in [6, 6.07) is -1.59. The molecule has 0 radical (unpaired) electrons. The summed E-state index contributed by atoms with van der Waals surface area (Å²) in [6.07, 6.45) is -35.8. The summed E-state index contributed by atoms with van der Waals surface area (Å²) in [5, 5.41) is 206. The Hall–Kier alpha value is -3.58. The fourth-order valence-electron chi connectivity index (χ4n) is 29.9. The molecule has 16 rings (SSSR count). The Balaban J connectivity index is 0.649. The minimum absolute atomic E-state index is 0.00799. The molecule has 9 aliphatic carbocycles. The Morgan fingerprint density at radius 1 is 0.548 bits per heavy atom. The molecule has 49 atom stereocenters.